The summed E-state index contributed by atoms with van der Waals surface area (Å²) in [6.45, 7) is 0. The number of nitrogens with zero attached hydrogens (tertiary/aromatic N) is 3. The molecule has 2 aromatic carbocycles. The zero-order valence-corrected chi connectivity index (χ0v) is 15.1. The number of imidazole rings is 1. The highest BCUT2D eigenvalue weighted by atomic mass is 79.9. The van der Waals surface area contributed by atoms with Gasteiger partial charge in [-0.25, -0.2) is 9.97 Å². The third-order valence-corrected chi connectivity index (χ3v) is 4.61. The summed E-state index contributed by atoms with van der Waals surface area (Å²) in [6.07, 6.45) is 2.13. The van der Waals surface area contributed by atoms with Gasteiger partial charge in [-0.3, -0.25) is 4.40 Å². The van der Waals surface area contributed by atoms with Crippen LogP contribution in [0.25, 0.3) is 16.9 Å². The summed E-state index contributed by atoms with van der Waals surface area (Å²) >= 11 is 3.41. The van der Waals surface area contributed by atoms with Gasteiger partial charge in [0.2, 0.25) is 5.88 Å². The first kappa shape index (κ1) is 16.4. The number of phenolic OH excluding ortho intramolecular Hbond substituents is 2. The SMILES string of the molecule is Oc1ccc(Cc2nc3c(Br)nc(-c4ccc(O)cc4)cn3c2O)cc1. The van der Waals surface area contributed by atoms with Crippen LogP contribution in [0.4, 0.5) is 0 Å². The molecule has 2 heterocycles. The van der Waals surface area contributed by atoms with Gasteiger partial charge in [0.25, 0.3) is 0 Å². The molecule has 0 aliphatic rings. The third-order valence-electron chi connectivity index (χ3n) is 4.08. The summed E-state index contributed by atoms with van der Waals surface area (Å²) in [6, 6.07) is 13.4. The Hall–Kier alpha value is -3.06. The van der Waals surface area contributed by atoms with Crippen molar-refractivity contribution in [2.75, 3.05) is 0 Å². The van der Waals surface area contributed by atoms with Gasteiger partial charge in [0.1, 0.15) is 21.8 Å². The van der Waals surface area contributed by atoms with Gasteiger partial charge in [0.15, 0.2) is 5.65 Å². The Bertz CT molecular complexity index is 1090. The average Bonchev–Trinajstić information content (AvgIpc) is 2.94. The van der Waals surface area contributed by atoms with Crippen LogP contribution in [-0.4, -0.2) is 29.7 Å². The lowest BCUT2D eigenvalue weighted by Gasteiger charge is -2.04. The van der Waals surface area contributed by atoms with E-state index in [-0.39, 0.29) is 17.4 Å². The van der Waals surface area contributed by atoms with Crippen molar-refractivity contribution in [3.8, 4) is 28.6 Å². The van der Waals surface area contributed by atoms with Gasteiger partial charge < -0.3 is 15.3 Å². The third kappa shape index (κ3) is 2.97. The van der Waals surface area contributed by atoms with E-state index >= 15 is 0 Å². The molecule has 0 amide bonds. The zero-order chi connectivity index (χ0) is 18.3. The van der Waals surface area contributed by atoms with Crippen LogP contribution in [0.1, 0.15) is 11.3 Å². The van der Waals surface area contributed by atoms with Crippen LogP contribution in [-0.2, 0) is 6.42 Å². The molecule has 6 nitrogen and oxygen atoms in total. The van der Waals surface area contributed by atoms with E-state index in [4.69, 9.17) is 0 Å². The molecule has 4 rings (SSSR count). The minimum atomic E-state index is 0.0382. The topological polar surface area (TPSA) is 90.9 Å². The average molecular weight is 412 g/mol. The molecule has 0 aliphatic heterocycles. The van der Waals surface area contributed by atoms with E-state index in [2.05, 4.69) is 25.9 Å². The summed E-state index contributed by atoms with van der Waals surface area (Å²) in [5.74, 6) is 0.408. The van der Waals surface area contributed by atoms with Gasteiger partial charge in [-0.2, -0.15) is 0 Å². The number of halogens is 1. The van der Waals surface area contributed by atoms with Gasteiger partial charge in [0.05, 0.1) is 5.69 Å². The van der Waals surface area contributed by atoms with Gasteiger partial charge >= 0.3 is 0 Å². The highest BCUT2D eigenvalue weighted by molar-refractivity contribution is 9.10. The van der Waals surface area contributed by atoms with Gasteiger partial charge in [-0.15, -0.1) is 0 Å². The smallest absolute Gasteiger partial charge is 0.219 e. The minimum absolute atomic E-state index is 0.0382. The molecule has 7 heteroatoms. The van der Waals surface area contributed by atoms with Crippen LogP contribution in [0, 0.1) is 0 Å². The molecule has 2 aromatic heterocycles. The Labute approximate surface area is 157 Å². The molecule has 26 heavy (non-hydrogen) atoms. The van der Waals surface area contributed by atoms with Crippen LogP contribution in [0.5, 0.6) is 17.4 Å². The summed E-state index contributed by atoms with van der Waals surface area (Å²) < 4.78 is 2.09. The van der Waals surface area contributed by atoms with Crippen molar-refractivity contribution in [3.05, 3.63) is 70.6 Å². The highest BCUT2D eigenvalue weighted by Gasteiger charge is 2.16. The van der Waals surface area contributed by atoms with Crippen molar-refractivity contribution in [1.29, 1.82) is 0 Å². The lowest BCUT2D eigenvalue weighted by atomic mass is 10.1. The fourth-order valence-corrected chi connectivity index (χ4v) is 3.21. The van der Waals surface area contributed by atoms with E-state index in [0.29, 0.717) is 28.1 Å². The van der Waals surface area contributed by atoms with Crippen LogP contribution in [0.15, 0.2) is 59.3 Å². The van der Waals surface area contributed by atoms with Crippen molar-refractivity contribution in [2.45, 2.75) is 6.42 Å². The molecular weight excluding hydrogens is 398 g/mol. The molecule has 0 aliphatic carbocycles. The number of hydrogen-bond acceptors (Lipinski definition) is 5. The lowest BCUT2D eigenvalue weighted by molar-refractivity contribution is 0.442. The summed E-state index contributed by atoms with van der Waals surface area (Å²) in [7, 11) is 0. The fraction of sp³-hybridized carbons (Fsp3) is 0.0526. The second kappa shape index (κ2) is 6.34. The van der Waals surface area contributed by atoms with E-state index in [0.717, 1.165) is 11.1 Å². The fourth-order valence-electron chi connectivity index (χ4n) is 2.74. The first-order valence-electron chi connectivity index (χ1n) is 7.85. The molecule has 0 saturated carbocycles. The Morgan fingerprint density at radius 2 is 1.46 bits per heavy atom. The van der Waals surface area contributed by atoms with Gasteiger partial charge in [-0.05, 0) is 57.9 Å². The molecular formula is C19H14BrN3O3. The van der Waals surface area contributed by atoms with E-state index in [1.165, 1.54) is 0 Å². The number of benzene rings is 2. The monoisotopic (exact) mass is 411 g/mol. The Kier molecular flexibility index (Phi) is 4.00. The molecule has 0 fully saturated rings. The Morgan fingerprint density at radius 3 is 2.12 bits per heavy atom. The molecule has 0 unspecified atom stereocenters. The van der Waals surface area contributed by atoms with Crippen LogP contribution in [0.3, 0.4) is 0 Å². The summed E-state index contributed by atoms with van der Waals surface area (Å²) in [4.78, 5) is 8.96. The highest BCUT2D eigenvalue weighted by Crippen LogP contribution is 2.29. The maximum absolute atomic E-state index is 10.6. The van der Waals surface area contributed by atoms with E-state index < -0.39 is 0 Å². The molecule has 0 atom stereocenters. The van der Waals surface area contributed by atoms with Crippen LogP contribution < -0.4 is 0 Å². The first-order valence-corrected chi connectivity index (χ1v) is 8.64. The predicted octanol–water partition coefficient (Wildman–Crippen LogP) is 3.87. The molecule has 4 aromatic rings. The second-order valence-corrected chi connectivity index (χ2v) is 6.63. The summed E-state index contributed by atoms with van der Waals surface area (Å²) in [5, 5.41) is 29.4. The second-order valence-electron chi connectivity index (χ2n) is 5.88. The van der Waals surface area contributed by atoms with Crippen molar-refractivity contribution < 1.29 is 15.3 Å². The number of hydrogen-bond donors (Lipinski definition) is 3. The van der Waals surface area contributed by atoms with E-state index in [9.17, 15) is 15.3 Å². The maximum atomic E-state index is 10.6. The Morgan fingerprint density at radius 1 is 0.846 bits per heavy atom. The predicted molar refractivity (Wildman–Crippen MR) is 100 cm³/mol. The van der Waals surface area contributed by atoms with Crippen LogP contribution >= 0.6 is 15.9 Å². The molecule has 3 N–H and O–H groups in total. The van der Waals surface area contributed by atoms with Crippen molar-refractivity contribution in [1.82, 2.24) is 14.4 Å². The first-order chi connectivity index (χ1) is 12.5. The number of phenols is 2. The molecule has 0 spiro atoms. The summed E-state index contributed by atoms with van der Waals surface area (Å²) in [5.41, 5.74) is 3.39. The molecule has 130 valence electrons. The number of fused-ring (bicyclic) bond motifs is 1. The van der Waals surface area contributed by atoms with Crippen molar-refractivity contribution in [3.63, 3.8) is 0 Å². The van der Waals surface area contributed by atoms with Gasteiger partial charge in [-0.1, -0.05) is 12.1 Å². The quantitative estimate of drug-likeness (QED) is 0.475. The lowest BCUT2D eigenvalue weighted by Crippen LogP contribution is -1.93. The molecule has 0 bridgehead atoms. The molecule has 0 radical (unpaired) electrons. The largest absolute Gasteiger partial charge is 0.508 e. The van der Waals surface area contributed by atoms with Crippen LogP contribution in [0.2, 0.25) is 0 Å². The van der Waals surface area contributed by atoms with E-state index in [1.807, 2.05) is 0 Å². The van der Waals surface area contributed by atoms with Crippen molar-refractivity contribution in [2.24, 2.45) is 0 Å². The minimum Gasteiger partial charge on any atom is -0.508 e. The normalized spacial score (nSPS) is 11.1. The maximum Gasteiger partial charge on any atom is 0.219 e. The van der Waals surface area contributed by atoms with Gasteiger partial charge in [0, 0.05) is 18.2 Å². The van der Waals surface area contributed by atoms with E-state index in [1.54, 1.807) is 59.1 Å². The Balaban J connectivity index is 1.78. The number of rotatable bonds is 3. The number of aromatic hydroxyl groups is 3. The standard InChI is InChI=1S/C19H14BrN3O3/c20-17-18-22-15(9-11-1-5-13(24)6-2-11)19(26)23(18)10-16(21-17)12-3-7-14(25)8-4-12/h1-8,10,24-26H,9H2. The number of aromatic nitrogens is 3. The molecule has 0 saturated heterocycles. The zero-order valence-electron chi connectivity index (χ0n) is 13.5. The van der Waals surface area contributed by atoms with Crippen molar-refractivity contribution >= 4 is 21.6 Å².